The number of fused-ring (bicyclic) bond motifs is 1. The lowest BCUT2D eigenvalue weighted by atomic mass is 10.0. The number of aryl methyl sites for hydroxylation is 2. The summed E-state index contributed by atoms with van der Waals surface area (Å²) in [6, 6.07) is 8.27. The summed E-state index contributed by atoms with van der Waals surface area (Å²) in [6.45, 7) is 4.55. The Bertz CT molecular complexity index is 963. The molecule has 0 radical (unpaired) electrons. The number of hydrogen-bond donors (Lipinski definition) is 0. The molecule has 0 amide bonds. The molecule has 0 saturated carbocycles. The number of benzene rings is 1. The zero-order valence-electron chi connectivity index (χ0n) is 15.8. The highest BCUT2D eigenvalue weighted by Crippen LogP contribution is 2.30. The monoisotopic (exact) mass is 386 g/mol. The molecule has 0 spiro atoms. The Labute approximate surface area is 163 Å². The van der Waals surface area contributed by atoms with Crippen LogP contribution in [0.25, 0.3) is 11.4 Å². The van der Waals surface area contributed by atoms with E-state index in [0.29, 0.717) is 5.15 Å². The van der Waals surface area contributed by atoms with Gasteiger partial charge in [-0.2, -0.15) is 5.10 Å². The molecule has 3 heterocycles. The van der Waals surface area contributed by atoms with Gasteiger partial charge >= 0.3 is 0 Å². The number of ether oxygens (including phenoxy) is 1. The van der Waals surface area contributed by atoms with E-state index >= 15 is 0 Å². The molecule has 4 rings (SSSR count). The zero-order chi connectivity index (χ0) is 19.0. The lowest BCUT2D eigenvalue weighted by Crippen LogP contribution is -2.26. The fraction of sp³-hybridized carbons (Fsp3) is 0.400. The third-order valence-corrected chi connectivity index (χ3v) is 5.60. The largest absolute Gasteiger partial charge is 0.497 e. The fourth-order valence-electron chi connectivity index (χ4n) is 3.63. The van der Waals surface area contributed by atoms with E-state index < -0.39 is 0 Å². The van der Waals surface area contributed by atoms with Gasteiger partial charge in [0, 0.05) is 38.3 Å². The lowest BCUT2D eigenvalue weighted by molar-refractivity contribution is 0.279. The molecule has 6 nitrogen and oxygen atoms in total. The molecule has 0 unspecified atom stereocenters. The van der Waals surface area contributed by atoms with E-state index in [1.807, 2.05) is 26.1 Å². The minimum absolute atomic E-state index is 0.647. The summed E-state index contributed by atoms with van der Waals surface area (Å²) in [5.74, 6) is 1.68. The van der Waals surface area contributed by atoms with Gasteiger partial charge in [-0.1, -0.05) is 22.8 Å². The zero-order valence-corrected chi connectivity index (χ0v) is 16.6. The summed E-state index contributed by atoms with van der Waals surface area (Å²) >= 11 is 6.56. The maximum absolute atomic E-state index is 6.56. The van der Waals surface area contributed by atoms with Crippen molar-refractivity contribution in [2.75, 3.05) is 20.2 Å². The van der Waals surface area contributed by atoms with Gasteiger partial charge in [0.2, 0.25) is 0 Å². The molecule has 0 saturated heterocycles. The summed E-state index contributed by atoms with van der Waals surface area (Å²) in [5.41, 5.74) is 5.27. The Balaban J connectivity index is 1.57. The quantitative estimate of drug-likeness (QED) is 0.685. The molecule has 1 aromatic carbocycles. The summed E-state index contributed by atoms with van der Waals surface area (Å²) < 4.78 is 12.3. The average molecular weight is 387 g/mol. The standard InChI is InChI=1S/C20H23ClN4O2/c1-13-10-18(23-27-13)19-17(20(21)24(2)22-19)12-25-8-6-14-4-5-16(26-3)11-15(14)7-9-25/h4-5,10-11H,6-9,12H2,1-3H3. The molecule has 1 aliphatic rings. The van der Waals surface area contributed by atoms with Gasteiger partial charge in [0.05, 0.1) is 7.11 Å². The van der Waals surface area contributed by atoms with Crippen molar-refractivity contribution in [1.29, 1.82) is 0 Å². The summed E-state index contributed by atoms with van der Waals surface area (Å²) in [7, 11) is 3.56. The Kier molecular flexibility index (Phi) is 4.93. The van der Waals surface area contributed by atoms with Gasteiger partial charge < -0.3 is 9.26 Å². The van der Waals surface area contributed by atoms with E-state index in [0.717, 1.165) is 60.9 Å². The highest BCUT2D eigenvalue weighted by atomic mass is 35.5. The molecule has 3 aromatic rings. The first kappa shape index (κ1) is 18.1. The Morgan fingerprint density at radius 3 is 2.67 bits per heavy atom. The van der Waals surface area contributed by atoms with Crippen molar-refractivity contribution in [3.05, 3.63) is 51.9 Å². The number of nitrogens with zero attached hydrogens (tertiary/aromatic N) is 4. The summed E-state index contributed by atoms with van der Waals surface area (Å²) in [6.07, 6.45) is 2.00. The smallest absolute Gasteiger partial charge is 0.134 e. The predicted molar refractivity (Wildman–Crippen MR) is 104 cm³/mol. The maximum atomic E-state index is 6.56. The first-order valence-electron chi connectivity index (χ1n) is 9.08. The van der Waals surface area contributed by atoms with Crippen LogP contribution in [0.4, 0.5) is 0 Å². The summed E-state index contributed by atoms with van der Waals surface area (Å²) in [4.78, 5) is 2.42. The van der Waals surface area contributed by atoms with Crippen LogP contribution in [0.1, 0.15) is 22.5 Å². The topological polar surface area (TPSA) is 56.3 Å². The first-order valence-corrected chi connectivity index (χ1v) is 9.46. The van der Waals surface area contributed by atoms with Crippen molar-refractivity contribution in [2.45, 2.75) is 26.3 Å². The van der Waals surface area contributed by atoms with Crippen molar-refractivity contribution >= 4 is 11.6 Å². The van der Waals surface area contributed by atoms with Crippen molar-refractivity contribution < 1.29 is 9.26 Å². The number of halogens is 1. The summed E-state index contributed by atoms with van der Waals surface area (Å²) in [5, 5.41) is 9.33. The van der Waals surface area contributed by atoms with E-state index in [1.54, 1.807) is 11.8 Å². The van der Waals surface area contributed by atoms with Crippen molar-refractivity contribution in [2.24, 2.45) is 7.05 Å². The van der Waals surface area contributed by atoms with E-state index in [1.165, 1.54) is 11.1 Å². The molecule has 0 atom stereocenters. The molecule has 2 aromatic heterocycles. The lowest BCUT2D eigenvalue weighted by Gasteiger charge is -2.19. The van der Waals surface area contributed by atoms with Crippen LogP contribution in [0.2, 0.25) is 5.15 Å². The third kappa shape index (κ3) is 3.59. The molecule has 27 heavy (non-hydrogen) atoms. The SMILES string of the molecule is COc1ccc2c(c1)CCN(Cc1c(-c3cc(C)on3)nn(C)c1Cl)CC2. The van der Waals surface area contributed by atoms with Crippen molar-refractivity contribution in [3.8, 4) is 17.1 Å². The molecule has 0 bridgehead atoms. The Morgan fingerprint density at radius 1 is 1.19 bits per heavy atom. The number of hydrogen-bond acceptors (Lipinski definition) is 5. The van der Waals surface area contributed by atoms with Crippen LogP contribution in [0, 0.1) is 6.92 Å². The van der Waals surface area contributed by atoms with Gasteiger partial charge in [0.1, 0.15) is 28.1 Å². The second kappa shape index (κ2) is 7.37. The molecule has 0 fully saturated rings. The third-order valence-electron chi connectivity index (χ3n) is 5.13. The highest BCUT2D eigenvalue weighted by Gasteiger charge is 2.22. The maximum Gasteiger partial charge on any atom is 0.134 e. The second-order valence-electron chi connectivity index (χ2n) is 6.98. The minimum Gasteiger partial charge on any atom is -0.497 e. The molecular formula is C20H23ClN4O2. The van der Waals surface area contributed by atoms with E-state index in [2.05, 4.69) is 27.3 Å². The van der Waals surface area contributed by atoms with Crippen LogP contribution in [0.15, 0.2) is 28.8 Å². The Morgan fingerprint density at radius 2 is 1.96 bits per heavy atom. The van der Waals surface area contributed by atoms with Crippen LogP contribution in [0.3, 0.4) is 0 Å². The van der Waals surface area contributed by atoms with E-state index in [-0.39, 0.29) is 0 Å². The normalized spacial score (nSPS) is 14.8. The predicted octanol–water partition coefficient (Wildman–Crippen LogP) is 3.65. The van der Waals surface area contributed by atoms with Gasteiger partial charge in [-0.25, -0.2) is 0 Å². The number of rotatable bonds is 4. The Hall–Kier alpha value is -2.31. The van der Waals surface area contributed by atoms with E-state index in [9.17, 15) is 0 Å². The van der Waals surface area contributed by atoms with Crippen LogP contribution in [-0.4, -0.2) is 40.0 Å². The minimum atomic E-state index is 0.647. The van der Waals surface area contributed by atoms with Crippen molar-refractivity contribution in [3.63, 3.8) is 0 Å². The number of aromatic nitrogens is 3. The molecule has 142 valence electrons. The molecular weight excluding hydrogens is 364 g/mol. The fourth-order valence-corrected chi connectivity index (χ4v) is 3.81. The van der Waals surface area contributed by atoms with Gasteiger partial charge in [0.25, 0.3) is 0 Å². The van der Waals surface area contributed by atoms with Gasteiger partial charge in [-0.05, 0) is 43.0 Å². The van der Waals surface area contributed by atoms with Crippen LogP contribution >= 0.6 is 11.6 Å². The first-order chi connectivity index (χ1) is 13.0. The van der Waals surface area contributed by atoms with Gasteiger partial charge in [-0.15, -0.1) is 0 Å². The van der Waals surface area contributed by atoms with Crippen LogP contribution < -0.4 is 4.74 Å². The molecule has 7 heteroatoms. The number of methoxy groups -OCH3 is 1. The average Bonchev–Trinajstić information content (AvgIpc) is 3.14. The van der Waals surface area contributed by atoms with Crippen LogP contribution in [-0.2, 0) is 26.4 Å². The molecule has 0 N–H and O–H groups in total. The molecule has 1 aliphatic heterocycles. The van der Waals surface area contributed by atoms with Crippen LogP contribution in [0.5, 0.6) is 5.75 Å². The van der Waals surface area contributed by atoms with E-state index in [4.69, 9.17) is 20.9 Å². The second-order valence-corrected chi connectivity index (χ2v) is 7.33. The van der Waals surface area contributed by atoms with Crippen molar-refractivity contribution in [1.82, 2.24) is 19.8 Å². The molecule has 0 aliphatic carbocycles. The van der Waals surface area contributed by atoms with Gasteiger partial charge in [0.15, 0.2) is 0 Å². The highest BCUT2D eigenvalue weighted by molar-refractivity contribution is 6.30. The van der Waals surface area contributed by atoms with Gasteiger partial charge in [-0.3, -0.25) is 9.58 Å².